The molecule has 3 nitrogen and oxygen atoms in total. The number of halogens is 3. The first kappa shape index (κ1) is 21.2. The van der Waals surface area contributed by atoms with Crippen LogP contribution in [0.15, 0.2) is 24.3 Å². The summed E-state index contributed by atoms with van der Waals surface area (Å²) < 4.78 is 47.8. The zero-order chi connectivity index (χ0) is 19.8. The van der Waals surface area contributed by atoms with E-state index in [-0.39, 0.29) is 28.9 Å². The van der Waals surface area contributed by atoms with Gasteiger partial charge in [0.2, 0.25) is 0 Å². The summed E-state index contributed by atoms with van der Waals surface area (Å²) in [5.74, 6) is -0.0516. The third kappa shape index (κ3) is 5.47. The number of benzene rings is 1. The van der Waals surface area contributed by atoms with E-state index in [1.165, 1.54) is 12.1 Å². The number of hydrogen-bond donors (Lipinski definition) is 1. The van der Waals surface area contributed by atoms with Gasteiger partial charge in [-0.2, -0.15) is 0 Å². The van der Waals surface area contributed by atoms with Gasteiger partial charge in [0.1, 0.15) is 5.75 Å². The van der Waals surface area contributed by atoms with Crippen LogP contribution in [0, 0.1) is 0 Å². The fraction of sp³-hybridized carbons (Fsp3) is 0.684. The van der Waals surface area contributed by atoms with Gasteiger partial charge in [-0.05, 0) is 61.0 Å². The van der Waals surface area contributed by atoms with Crippen molar-refractivity contribution in [2.45, 2.75) is 82.6 Å². The minimum atomic E-state index is -4.68. The van der Waals surface area contributed by atoms with Gasteiger partial charge in [0, 0.05) is 6.04 Å². The minimum Gasteiger partial charge on any atom is -0.412 e. The monoisotopic (exact) mass is 389 g/mol. The predicted octanol–water partition coefficient (Wildman–Crippen LogP) is 5.57. The molecular weight excluding hydrogens is 359 g/mol. The lowest BCUT2D eigenvalue weighted by molar-refractivity contribution is -0.274. The van der Waals surface area contributed by atoms with E-state index in [4.69, 9.17) is 10.2 Å². The molecule has 1 aliphatic carbocycles. The van der Waals surface area contributed by atoms with E-state index in [1.54, 1.807) is 6.07 Å². The Hall–Kier alpha value is -1.05. The maximum Gasteiger partial charge on any atom is 0.573 e. The minimum absolute atomic E-state index is 0.0155. The average molecular weight is 390 g/mol. The Bertz CT molecular complexity index is 614. The second-order valence-corrected chi connectivity index (χ2v) is 13.5. The summed E-state index contributed by atoms with van der Waals surface area (Å²) in [6.07, 6.45) is -2.29. The molecule has 7 heteroatoms. The molecule has 2 N–H and O–H groups in total. The van der Waals surface area contributed by atoms with E-state index >= 15 is 0 Å². The van der Waals surface area contributed by atoms with Gasteiger partial charge in [-0.1, -0.05) is 32.9 Å². The van der Waals surface area contributed by atoms with Gasteiger partial charge < -0.3 is 14.9 Å². The van der Waals surface area contributed by atoms with Crippen molar-refractivity contribution in [2.75, 3.05) is 0 Å². The fourth-order valence-corrected chi connectivity index (χ4v) is 4.55. The SMILES string of the molecule is CC(C)(C)[Si](C)(C)OC1CC[C@H](c2cccc(OC(F)(F)F)c2)C[C@@H]1N. The summed E-state index contributed by atoms with van der Waals surface area (Å²) in [6.45, 7) is 11.0. The summed E-state index contributed by atoms with van der Waals surface area (Å²) in [5, 5.41) is 0.118. The molecule has 0 spiro atoms. The molecule has 0 aliphatic heterocycles. The molecule has 2 rings (SSSR count). The lowest BCUT2D eigenvalue weighted by Crippen LogP contribution is -2.51. The predicted molar refractivity (Wildman–Crippen MR) is 99.8 cm³/mol. The highest BCUT2D eigenvalue weighted by molar-refractivity contribution is 6.74. The van der Waals surface area contributed by atoms with Gasteiger partial charge >= 0.3 is 6.36 Å². The normalized spacial score (nSPS) is 25.2. The number of alkyl halides is 3. The molecular formula is C19H30F3NO2Si. The van der Waals surface area contributed by atoms with Crippen LogP contribution in [0.4, 0.5) is 13.2 Å². The van der Waals surface area contributed by atoms with Crippen LogP contribution in [0.3, 0.4) is 0 Å². The van der Waals surface area contributed by atoms with Crippen LogP contribution in [0.5, 0.6) is 5.75 Å². The third-order valence-corrected chi connectivity index (χ3v) is 10.2. The molecule has 148 valence electrons. The molecule has 1 saturated carbocycles. The Morgan fingerprint density at radius 3 is 2.31 bits per heavy atom. The van der Waals surface area contributed by atoms with Gasteiger partial charge in [0.25, 0.3) is 0 Å². The highest BCUT2D eigenvalue weighted by Gasteiger charge is 2.41. The highest BCUT2D eigenvalue weighted by atomic mass is 28.4. The average Bonchev–Trinajstić information content (AvgIpc) is 2.46. The van der Waals surface area contributed by atoms with Crippen LogP contribution in [-0.2, 0) is 4.43 Å². The first-order valence-corrected chi connectivity index (χ1v) is 12.0. The zero-order valence-corrected chi connectivity index (χ0v) is 17.2. The van der Waals surface area contributed by atoms with Gasteiger partial charge in [-0.3, -0.25) is 0 Å². The second-order valence-electron chi connectivity index (χ2n) is 8.71. The van der Waals surface area contributed by atoms with Crippen LogP contribution in [-0.4, -0.2) is 26.8 Å². The molecule has 1 aromatic carbocycles. The Morgan fingerprint density at radius 1 is 1.12 bits per heavy atom. The van der Waals surface area contributed by atoms with Crippen LogP contribution < -0.4 is 10.5 Å². The molecule has 1 aromatic rings. The van der Waals surface area contributed by atoms with Crippen molar-refractivity contribution in [3.05, 3.63) is 29.8 Å². The van der Waals surface area contributed by atoms with Gasteiger partial charge in [-0.15, -0.1) is 13.2 Å². The smallest absolute Gasteiger partial charge is 0.412 e. The molecule has 1 fully saturated rings. The van der Waals surface area contributed by atoms with Crippen molar-refractivity contribution >= 4 is 8.32 Å². The number of ether oxygens (including phenoxy) is 1. The van der Waals surface area contributed by atoms with Crippen LogP contribution >= 0.6 is 0 Å². The number of rotatable bonds is 4. The van der Waals surface area contributed by atoms with Crippen molar-refractivity contribution in [1.29, 1.82) is 0 Å². The van der Waals surface area contributed by atoms with Gasteiger partial charge in [0.15, 0.2) is 8.32 Å². The largest absolute Gasteiger partial charge is 0.573 e. The summed E-state index contributed by atoms with van der Waals surface area (Å²) in [6, 6.07) is 6.12. The van der Waals surface area contributed by atoms with Crippen molar-refractivity contribution in [3.63, 3.8) is 0 Å². The van der Waals surface area contributed by atoms with E-state index < -0.39 is 14.7 Å². The Balaban J connectivity index is 2.04. The van der Waals surface area contributed by atoms with Gasteiger partial charge in [-0.25, -0.2) is 0 Å². The maximum absolute atomic E-state index is 12.4. The Morgan fingerprint density at radius 2 is 1.77 bits per heavy atom. The van der Waals surface area contributed by atoms with E-state index in [9.17, 15) is 13.2 Å². The van der Waals surface area contributed by atoms with E-state index in [1.807, 2.05) is 6.07 Å². The number of nitrogens with two attached hydrogens (primary N) is 1. The van der Waals surface area contributed by atoms with Gasteiger partial charge in [0.05, 0.1) is 6.10 Å². The quantitative estimate of drug-likeness (QED) is 0.685. The maximum atomic E-state index is 12.4. The molecule has 0 radical (unpaired) electrons. The first-order chi connectivity index (χ1) is 11.8. The lowest BCUT2D eigenvalue weighted by atomic mass is 9.80. The van der Waals surface area contributed by atoms with Crippen molar-refractivity contribution < 1.29 is 22.3 Å². The van der Waals surface area contributed by atoms with E-state index in [0.29, 0.717) is 6.42 Å². The summed E-state index contributed by atoms with van der Waals surface area (Å²) in [5.41, 5.74) is 7.22. The fourth-order valence-electron chi connectivity index (χ4n) is 3.15. The molecule has 26 heavy (non-hydrogen) atoms. The summed E-state index contributed by atoms with van der Waals surface area (Å²) in [4.78, 5) is 0. The summed E-state index contributed by atoms with van der Waals surface area (Å²) >= 11 is 0. The molecule has 0 saturated heterocycles. The van der Waals surface area contributed by atoms with Crippen LogP contribution in [0.2, 0.25) is 18.1 Å². The van der Waals surface area contributed by atoms with E-state index in [2.05, 4.69) is 38.6 Å². The molecule has 1 unspecified atom stereocenters. The molecule has 0 amide bonds. The second kappa shape index (κ2) is 7.52. The molecule has 1 aliphatic rings. The van der Waals surface area contributed by atoms with Crippen molar-refractivity contribution in [2.24, 2.45) is 5.73 Å². The Kier molecular flexibility index (Phi) is 6.15. The lowest BCUT2D eigenvalue weighted by Gasteiger charge is -2.43. The molecule has 0 bridgehead atoms. The van der Waals surface area contributed by atoms with Crippen molar-refractivity contribution in [1.82, 2.24) is 0 Å². The summed E-state index contributed by atoms with van der Waals surface area (Å²) in [7, 11) is -1.90. The standard InChI is InChI=1S/C19H30F3NO2Si/c1-18(2,3)26(4,5)25-17-10-9-14(12-16(17)23)13-7-6-8-15(11-13)24-19(20,21)22/h6-8,11,14,16-17H,9-10,12,23H2,1-5H3/t14-,16-,17?/m0/s1. The highest BCUT2D eigenvalue weighted by Crippen LogP contribution is 2.41. The first-order valence-electron chi connectivity index (χ1n) is 9.07. The molecule has 3 atom stereocenters. The Labute approximate surface area is 155 Å². The van der Waals surface area contributed by atoms with Crippen molar-refractivity contribution in [3.8, 4) is 5.75 Å². The number of hydrogen-bond acceptors (Lipinski definition) is 3. The molecule has 0 heterocycles. The zero-order valence-electron chi connectivity index (χ0n) is 16.2. The van der Waals surface area contributed by atoms with E-state index in [0.717, 1.165) is 18.4 Å². The topological polar surface area (TPSA) is 44.5 Å². The molecule has 0 aromatic heterocycles. The van der Waals surface area contributed by atoms with Crippen LogP contribution in [0.1, 0.15) is 51.5 Å². The third-order valence-electron chi connectivity index (χ3n) is 5.65. The van der Waals surface area contributed by atoms with Crippen LogP contribution in [0.25, 0.3) is 0 Å².